The summed E-state index contributed by atoms with van der Waals surface area (Å²) >= 11 is 0. The molecular weight excluding hydrogens is 277 g/mol. The molecule has 1 N–H and O–H groups in total. The van der Waals surface area contributed by atoms with Crippen molar-refractivity contribution in [2.24, 2.45) is 0 Å². The van der Waals surface area contributed by atoms with Gasteiger partial charge in [-0.2, -0.15) is 0 Å². The van der Waals surface area contributed by atoms with Crippen LogP contribution in [0.15, 0.2) is 24.3 Å². The average Bonchev–Trinajstić information content (AvgIpc) is 2.50. The quantitative estimate of drug-likeness (QED) is 0.779. The van der Waals surface area contributed by atoms with Crippen LogP contribution in [-0.2, 0) is 14.3 Å². The first-order valence-corrected chi connectivity index (χ1v) is 6.64. The Morgan fingerprint density at radius 2 is 1.95 bits per heavy atom. The Morgan fingerprint density at radius 3 is 2.52 bits per heavy atom. The van der Waals surface area contributed by atoms with E-state index in [0.717, 1.165) is 6.07 Å². The van der Waals surface area contributed by atoms with Crippen molar-refractivity contribution in [1.29, 1.82) is 0 Å². The van der Waals surface area contributed by atoms with E-state index in [1.807, 2.05) is 0 Å². The molecule has 0 aromatic heterocycles. The molecule has 0 aliphatic heterocycles. The van der Waals surface area contributed by atoms with Crippen LogP contribution in [0.4, 0.5) is 4.39 Å². The summed E-state index contributed by atoms with van der Waals surface area (Å²) in [5, 5.41) is 2.40. The second kappa shape index (κ2) is 8.14. The maximum absolute atomic E-state index is 13.5. The molecule has 1 amide bonds. The lowest BCUT2D eigenvalue weighted by Crippen LogP contribution is -2.42. The van der Waals surface area contributed by atoms with Crippen molar-refractivity contribution in [2.45, 2.75) is 32.2 Å². The predicted molar refractivity (Wildman–Crippen MR) is 74.2 cm³/mol. The number of halogens is 1. The average molecular weight is 295 g/mol. The monoisotopic (exact) mass is 295 g/mol. The molecule has 0 unspecified atom stereocenters. The van der Waals surface area contributed by atoms with Crippen LogP contribution < -0.4 is 5.32 Å². The van der Waals surface area contributed by atoms with Crippen molar-refractivity contribution in [3.8, 4) is 0 Å². The Labute approximate surface area is 122 Å². The van der Waals surface area contributed by atoms with Crippen molar-refractivity contribution in [3.63, 3.8) is 0 Å². The first-order valence-electron chi connectivity index (χ1n) is 6.64. The van der Waals surface area contributed by atoms with Crippen molar-refractivity contribution >= 4 is 17.7 Å². The third-order valence-electron chi connectivity index (χ3n) is 3.02. The largest absolute Gasteiger partial charge is 0.467 e. The molecule has 0 aliphatic carbocycles. The number of ether oxygens (including phenoxy) is 1. The number of methoxy groups -OCH3 is 1. The summed E-state index contributed by atoms with van der Waals surface area (Å²) in [5.74, 6) is -2.08. The molecule has 0 saturated heterocycles. The van der Waals surface area contributed by atoms with Crippen LogP contribution in [0.2, 0.25) is 0 Å². The van der Waals surface area contributed by atoms with E-state index in [1.54, 1.807) is 6.92 Å². The van der Waals surface area contributed by atoms with Gasteiger partial charge in [-0.1, -0.05) is 19.1 Å². The highest BCUT2D eigenvalue weighted by atomic mass is 19.1. The van der Waals surface area contributed by atoms with Crippen molar-refractivity contribution < 1.29 is 23.5 Å². The number of amides is 1. The van der Waals surface area contributed by atoms with Gasteiger partial charge >= 0.3 is 5.97 Å². The van der Waals surface area contributed by atoms with Gasteiger partial charge in [-0.05, 0) is 18.6 Å². The molecule has 114 valence electrons. The zero-order chi connectivity index (χ0) is 15.8. The highest BCUT2D eigenvalue weighted by Gasteiger charge is 2.23. The third-order valence-corrected chi connectivity index (χ3v) is 3.02. The lowest BCUT2D eigenvalue weighted by molar-refractivity contribution is -0.143. The topological polar surface area (TPSA) is 72.5 Å². The van der Waals surface area contributed by atoms with Gasteiger partial charge in [0.2, 0.25) is 0 Å². The summed E-state index contributed by atoms with van der Waals surface area (Å²) in [6.07, 6.45) is 0.627. The molecule has 1 rings (SSSR count). The Hall–Kier alpha value is -2.24. The molecule has 0 radical (unpaired) electrons. The molecule has 0 heterocycles. The number of esters is 1. The number of ketones is 1. The van der Waals surface area contributed by atoms with Gasteiger partial charge in [-0.3, -0.25) is 9.59 Å². The van der Waals surface area contributed by atoms with Crippen LogP contribution in [0.3, 0.4) is 0 Å². The smallest absolute Gasteiger partial charge is 0.328 e. The van der Waals surface area contributed by atoms with Crippen LogP contribution in [0.25, 0.3) is 0 Å². The van der Waals surface area contributed by atoms with E-state index in [1.165, 1.54) is 25.3 Å². The Balaban J connectivity index is 2.76. The maximum atomic E-state index is 13.5. The van der Waals surface area contributed by atoms with Gasteiger partial charge in [-0.15, -0.1) is 0 Å². The van der Waals surface area contributed by atoms with Gasteiger partial charge in [0.05, 0.1) is 12.7 Å². The van der Waals surface area contributed by atoms with E-state index in [0.29, 0.717) is 6.42 Å². The van der Waals surface area contributed by atoms with E-state index < -0.39 is 23.7 Å². The lowest BCUT2D eigenvalue weighted by Gasteiger charge is -2.16. The molecule has 1 atom stereocenters. The summed E-state index contributed by atoms with van der Waals surface area (Å²) in [5.41, 5.74) is -0.159. The van der Waals surface area contributed by atoms with Gasteiger partial charge in [0.15, 0.2) is 0 Å². The molecule has 1 aromatic rings. The minimum Gasteiger partial charge on any atom is -0.467 e. The second-order valence-electron chi connectivity index (χ2n) is 4.46. The Kier molecular flexibility index (Phi) is 6.52. The molecule has 0 fully saturated rings. The van der Waals surface area contributed by atoms with Crippen LogP contribution in [0, 0.1) is 5.82 Å². The highest BCUT2D eigenvalue weighted by molar-refractivity contribution is 5.97. The number of hydrogen-bond acceptors (Lipinski definition) is 4. The summed E-state index contributed by atoms with van der Waals surface area (Å²) in [4.78, 5) is 34.9. The molecule has 0 spiro atoms. The normalized spacial score (nSPS) is 11.6. The lowest BCUT2D eigenvalue weighted by atomic mass is 10.1. The van der Waals surface area contributed by atoms with E-state index in [4.69, 9.17) is 0 Å². The highest BCUT2D eigenvalue weighted by Crippen LogP contribution is 2.08. The number of rotatable bonds is 7. The standard InChI is InChI=1S/C15H18FNO4/c1-3-10(18)8-9-13(15(20)21-2)17-14(19)11-6-4-5-7-12(11)16/h4-7,13H,3,8-9H2,1-2H3,(H,17,19)/t13-/m0/s1. The molecule has 21 heavy (non-hydrogen) atoms. The number of Topliss-reactive ketones (excluding diaryl/α,β-unsaturated/α-hetero) is 1. The number of benzene rings is 1. The number of hydrogen-bond donors (Lipinski definition) is 1. The van der Waals surface area contributed by atoms with Crippen molar-refractivity contribution in [3.05, 3.63) is 35.6 Å². The van der Waals surface area contributed by atoms with Gasteiger partial charge in [0.25, 0.3) is 5.91 Å². The molecule has 0 aliphatic rings. The van der Waals surface area contributed by atoms with E-state index in [2.05, 4.69) is 10.1 Å². The predicted octanol–water partition coefficient (Wildman–Crippen LogP) is 1.86. The van der Waals surface area contributed by atoms with Crippen molar-refractivity contribution in [1.82, 2.24) is 5.32 Å². The van der Waals surface area contributed by atoms with Crippen LogP contribution >= 0.6 is 0 Å². The zero-order valence-electron chi connectivity index (χ0n) is 12.0. The molecule has 5 nitrogen and oxygen atoms in total. The van der Waals surface area contributed by atoms with Crippen molar-refractivity contribution in [2.75, 3.05) is 7.11 Å². The minimum atomic E-state index is -0.974. The number of carbonyl (C=O) groups is 3. The fraction of sp³-hybridized carbons (Fsp3) is 0.400. The number of nitrogens with one attached hydrogen (secondary N) is 1. The molecular formula is C15H18FNO4. The number of carbonyl (C=O) groups excluding carboxylic acids is 3. The molecule has 6 heteroatoms. The fourth-order valence-electron chi connectivity index (χ4n) is 1.75. The van der Waals surface area contributed by atoms with E-state index in [9.17, 15) is 18.8 Å². The van der Waals surface area contributed by atoms with Gasteiger partial charge in [0.1, 0.15) is 17.6 Å². The Morgan fingerprint density at radius 1 is 1.29 bits per heavy atom. The van der Waals surface area contributed by atoms with Crippen LogP contribution in [-0.4, -0.2) is 30.8 Å². The van der Waals surface area contributed by atoms with Gasteiger partial charge in [-0.25, -0.2) is 9.18 Å². The molecule has 1 aromatic carbocycles. The Bertz CT molecular complexity index is 530. The minimum absolute atomic E-state index is 0.0240. The SMILES string of the molecule is CCC(=O)CC[C@H](NC(=O)c1ccccc1F)C(=O)OC. The fourth-order valence-corrected chi connectivity index (χ4v) is 1.75. The summed E-state index contributed by atoms with van der Waals surface area (Å²) < 4.78 is 18.1. The van der Waals surface area contributed by atoms with Gasteiger partial charge in [0, 0.05) is 12.8 Å². The molecule has 0 saturated carbocycles. The molecule has 0 bridgehead atoms. The van der Waals surface area contributed by atoms with Crippen LogP contribution in [0.1, 0.15) is 36.5 Å². The zero-order valence-corrected chi connectivity index (χ0v) is 12.0. The summed E-state index contributed by atoms with van der Waals surface area (Å²) in [6.45, 7) is 1.72. The van der Waals surface area contributed by atoms with E-state index in [-0.39, 0.29) is 24.2 Å². The first-order chi connectivity index (χ1) is 9.99. The van der Waals surface area contributed by atoms with E-state index >= 15 is 0 Å². The van der Waals surface area contributed by atoms with Crippen LogP contribution in [0.5, 0.6) is 0 Å². The second-order valence-corrected chi connectivity index (χ2v) is 4.46. The third kappa shape index (κ3) is 4.98. The van der Waals surface area contributed by atoms with Gasteiger partial charge < -0.3 is 10.1 Å². The first kappa shape index (κ1) is 16.8. The summed E-state index contributed by atoms with van der Waals surface area (Å²) in [6, 6.07) is 4.48. The summed E-state index contributed by atoms with van der Waals surface area (Å²) in [7, 11) is 1.19. The maximum Gasteiger partial charge on any atom is 0.328 e.